The van der Waals surface area contributed by atoms with Crippen LogP contribution in [0, 0.1) is 5.92 Å². The lowest BCUT2D eigenvalue weighted by Gasteiger charge is -2.32. The SMILES string of the molecule is C=CC1CCN(c2cc(COC)nc(C(C)(C)C)n2)CC1. The van der Waals surface area contributed by atoms with Gasteiger partial charge in [0.15, 0.2) is 0 Å². The van der Waals surface area contributed by atoms with Crippen LogP contribution < -0.4 is 4.90 Å². The zero-order chi connectivity index (χ0) is 15.5. The van der Waals surface area contributed by atoms with Crippen molar-refractivity contribution in [2.24, 2.45) is 5.92 Å². The third-order valence-electron chi connectivity index (χ3n) is 3.93. The quantitative estimate of drug-likeness (QED) is 0.797. The second-order valence-corrected chi connectivity index (χ2v) is 6.78. The number of anilines is 1. The van der Waals surface area contributed by atoms with E-state index in [1.807, 2.05) is 0 Å². The smallest absolute Gasteiger partial charge is 0.136 e. The fraction of sp³-hybridized carbons (Fsp3) is 0.647. The highest BCUT2D eigenvalue weighted by Gasteiger charge is 2.23. The van der Waals surface area contributed by atoms with Crippen LogP contribution in [-0.4, -0.2) is 30.2 Å². The van der Waals surface area contributed by atoms with E-state index in [0.29, 0.717) is 12.5 Å². The van der Waals surface area contributed by atoms with E-state index in [1.165, 1.54) is 0 Å². The number of ether oxygens (including phenoxy) is 1. The Morgan fingerprint density at radius 3 is 2.52 bits per heavy atom. The molecule has 1 fully saturated rings. The van der Waals surface area contributed by atoms with Crippen LogP contribution in [0.2, 0.25) is 0 Å². The Balaban J connectivity index is 2.26. The summed E-state index contributed by atoms with van der Waals surface area (Å²) in [6.45, 7) is 12.9. The lowest BCUT2D eigenvalue weighted by Crippen LogP contribution is -2.34. The van der Waals surface area contributed by atoms with Gasteiger partial charge < -0.3 is 9.64 Å². The number of nitrogens with zero attached hydrogens (tertiary/aromatic N) is 3. The molecule has 1 aromatic rings. The molecule has 0 amide bonds. The molecule has 0 unspecified atom stereocenters. The van der Waals surface area contributed by atoms with Crippen LogP contribution in [0.15, 0.2) is 18.7 Å². The van der Waals surface area contributed by atoms with Crippen molar-refractivity contribution in [2.45, 2.75) is 45.6 Å². The van der Waals surface area contributed by atoms with Crippen molar-refractivity contribution in [3.8, 4) is 0 Å². The Bertz CT molecular complexity index is 485. The highest BCUT2D eigenvalue weighted by Crippen LogP contribution is 2.26. The van der Waals surface area contributed by atoms with Crippen molar-refractivity contribution in [1.29, 1.82) is 0 Å². The molecule has 1 aliphatic rings. The highest BCUT2D eigenvalue weighted by molar-refractivity contribution is 5.41. The first-order valence-corrected chi connectivity index (χ1v) is 7.69. The maximum atomic E-state index is 5.25. The van der Waals surface area contributed by atoms with Crippen LogP contribution in [-0.2, 0) is 16.8 Å². The summed E-state index contributed by atoms with van der Waals surface area (Å²) >= 11 is 0. The fourth-order valence-corrected chi connectivity index (χ4v) is 2.57. The van der Waals surface area contributed by atoms with E-state index in [2.05, 4.69) is 49.4 Å². The number of allylic oxidation sites excluding steroid dienone is 1. The molecule has 4 nitrogen and oxygen atoms in total. The van der Waals surface area contributed by atoms with Crippen molar-refractivity contribution in [3.63, 3.8) is 0 Å². The van der Waals surface area contributed by atoms with Gasteiger partial charge in [-0.1, -0.05) is 26.8 Å². The van der Waals surface area contributed by atoms with Gasteiger partial charge >= 0.3 is 0 Å². The predicted octanol–water partition coefficient (Wildman–Crippen LogP) is 3.32. The van der Waals surface area contributed by atoms with Gasteiger partial charge in [0.2, 0.25) is 0 Å². The monoisotopic (exact) mass is 289 g/mol. The first-order valence-electron chi connectivity index (χ1n) is 7.69. The first-order chi connectivity index (χ1) is 9.94. The third-order valence-corrected chi connectivity index (χ3v) is 3.93. The molecule has 0 spiro atoms. The molecule has 21 heavy (non-hydrogen) atoms. The number of rotatable bonds is 4. The van der Waals surface area contributed by atoms with E-state index in [4.69, 9.17) is 9.72 Å². The Labute approximate surface area is 128 Å². The molecule has 1 aromatic heterocycles. The maximum absolute atomic E-state index is 5.25. The Morgan fingerprint density at radius 2 is 2.00 bits per heavy atom. The molecule has 2 heterocycles. The number of piperidine rings is 1. The third kappa shape index (κ3) is 4.03. The van der Waals surface area contributed by atoms with E-state index in [-0.39, 0.29) is 5.41 Å². The summed E-state index contributed by atoms with van der Waals surface area (Å²) in [6, 6.07) is 2.06. The van der Waals surface area contributed by atoms with Crippen molar-refractivity contribution in [3.05, 3.63) is 30.2 Å². The molecule has 0 radical (unpaired) electrons. The maximum Gasteiger partial charge on any atom is 0.136 e. The standard InChI is InChI=1S/C17H27N3O/c1-6-13-7-9-20(10-8-13)15-11-14(12-21-5)18-16(19-15)17(2,3)4/h6,11,13H,1,7-10,12H2,2-5H3. The molecule has 0 N–H and O–H groups in total. The van der Waals surface area contributed by atoms with Gasteiger partial charge in [0.05, 0.1) is 12.3 Å². The van der Waals surface area contributed by atoms with E-state index >= 15 is 0 Å². The summed E-state index contributed by atoms with van der Waals surface area (Å²) in [5.74, 6) is 2.56. The largest absolute Gasteiger partial charge is 0.378 e. The molecule has 0 saturated carbocycles. The summed E-state index contributed by atoms with van der Waals surface area (Å²) < 4.78 is 5.25. The minimum Gasteiger partial charge on any atom is -0.378 e. The number of aromatic nitrogens is 2. The van der Waals surface area contributed by atoms with Gasteiger partial charge in [-0.3, -0.25) is 0 Å². The molecule has 1 saturated heterocycles. The molecule has 0 aliphatic carbocycles. The zero-order valence-corrected chi connectivity index (χ0v) is 13.7. The van der Waals surface area contributed by atoms with Gasteiger partial charge in [-0.15, -0.1) is 6.58 Å². The zero-order valence-electron chi connectivity index (χ0n) is 13.7. The lowest BCUT2D eigenvalue weighted by atomic mass is 9.95. The average Bonchev–Trinajstić information content (AvgIpc) is 2.46. The van der Waals surface area contributed by atoms with Gasteiger partial charge in [-0.25, -0.2) is 9.97 Å². The van der Waals surface area contributed by atoms with Crippen molar-refractivity contribution >= 4 is 5.82 Å². The minimum atomic E-state index is -0.0576. The summed E-state index contributed by atoms with van der Waals surface area (Å²) in [5.41, 5.74) is 0.899. The topological polar surface area (TPSA) is 38.2 Å². The van der Waals surface area contributed by atoms with Gasteiger partial charge in [0, 0.05) is 31.7 Å². The van der Waals surface area contributed by atoms with Gasteiger partial charge in [-0.2, -0.15) is 0 Å². The minimum absolute atomic E-state index is 0.0576. The van der Waals surface area contributed by atoms with Crippen molar-refractivity contribution < 1.29 is 4.74 Å². The van der Waals surface area contributed by atoms with Crippen molar-refractivity contribution in [2.75, 3.05) is 25.1 Å². The second kappa shape index (κ2) is 6.56. The predicted molar refractivity (Wildman–Crippen MR) is 86.6 cm³/mol. The fourth-order valence-electron chi connectivity index (χ4n) is 2.57. The summed E-state index contributed by atoms with van der Waals surface area (Å²) in [5, 5.41) is 0. The molecule has 1 aliphatic heterocycles. The molecule has 2 rings (SSSR count). The number of methoxy groups -OCH3 is 1. The molecular weight excluding hydrogens is 262 g/mol. The van der Waals surface area contributed by atoms with Crippen LogP contribution >= 0.6 is 0 Å². The Kier molecular flexibility index (Phi) is 4.99. The summed E-state index contributed by atoms with van der Waals surface area (Å²) in [7, 11) is 1.70. The first kappa shape index (κ1) is 16.0. The van der Waals surface area contributed by atoms with Crippen LogP contribution in [0.3, 0.4) is 0 Å². The number of hydrogen-bond donors (Lipinski definition) is 0. The normalized spacial score (nSPS) is 17.0. The number of hydrogen-bond acceptors (Lipinski definition) is 4. The molecule has 0 atom stereocenters. The van der Waals surface area contributed by atoms with E-state index in [9.17, 15) is 0 Å². The van der Waals surface area contributed by atoms with Gasteiger partial charge in [0.25, 0.3) is 0 Å². The van der Waals surface area contributed by atoms with Crippen molar-refractivity contribution in [1.82, 2.24) is 9.97 Å². The van der Waals surface area contributed by atoms with Crippen LogP contribution in [0.1, 0.15) is 45.1 Å². The average molecular weight is 289 g/mol. The molecule has 0 bridgehead atoms. The van der Waals surface area contributed by atoms with Crippen LogP contribution in [0.5, 0.6) is 0 Å². The Morgan fingerprint density at radius 1 is 1.33 bits per heavy atom. The molecule has 4 heteroatoms. The van der Waals surface area contributed by atoms with Crippen LogP contribution in [0.25, 0.3) is 0 Å². The van der Waals surface area contributed by atoms with E-state index in [0.717, 1.165) is 43.3 Å². The molecule has 116 valence electrons. The molecular formula is C17H27N3O. The van der Waals surface area contributed by atoms with Gasteiger partial charge in [0.1, 0.15) is 11.6 Å². The lowest BCUT2D eigenvalue weighted by molar-refractivity contribution is 0.181. The van der Waals surface area contributed by atoms with Crippen LogP contribution in [0.4, 0.5) is 5.82 Å². The van der Waals surface area contributed by atoms with E-state index < -0.39 is 0 Å². The highest BCUT2D eigenvalue weighted by atomic mass is 16.5. The summed E-state index contributed by atoms with van der Waals surface area (Å²) in [6.07, 6.45) is 4.38. The summed E-state index contributed by atoms with van der Waals surface area (Å²) in [4.78, 5) is 11.8. The second-order valence-electron chi connectivity index (χ2n) is 6.78. The van der Waals surface area contributed by atoms with E-state index in [1.54, 1.807) is 7.11 Å². The Hall–Kier alpha value is -1.42. The molecule has 0 aromatic carbocycles. The van der Waals surface area contributed by atoms with Gasteiger partial charge in [-0.05, 0) is 18.8 Å².